The van der Waals surface area contributed by atoms with E-state index in [1.807, 2.05) is 0 Å². The topological polar surface area (TPSA) is 0 Å². The Balaban J connectivity index is 2.05. The van der Waals surface area contributed by atoms with Gasteiger partial charge >= 0.3 is 0 Å². The summed E-state index contributed by atoms with van der Waals surface area (Å²) in [7, 11) is 0. The van der Waals surface area contributed by atoms with Crippen LogP contribution < -0.4 is 0 Å². The normalized spacial score (nSPS) is 14.6. The van der Waals surface area contributed by atoms with E-state index in [0.29, 0.717) is 0 Å². The van der Waals surface area contributed by atoms with Crippen LogP contribution in [-0.4, -0.2) is 0 Å². The first-order valence-electron chi connectivity index (χ1n) is 7.36. The summed E-state index contributed by atoms with van der Waals surface area (Å²) < 4.78 is 0. The number of rotatable bonds is 6. The van der Waals surface area contributed by atoms with Gasteiger partial charge in [-0.15, -0.1) is 0 Å². The van der Waals surface area contributed by atoms with Crippen LogP contribution in [0.3, 0.4) is 0 Å². The summed E-state index contributed by atoms with van der Waals surface area (Å²) in [5.41, 5.74) is 4.54. The monoisotopic (exact) mass is 240 g/mol. The summed E-state index contributed by atoms with van der Waals surface area (Å²) in [6.45, 7) is 2.27. The first kappa shape index (κ1) is 13.1. The molecular weight excluding hydrogens is 216 g/mol. The maximum atomic E-state index is 2.31. The molecular formula is C18H24. The predicted octanol–water partition coefficient (Wildman–Crippen LogP) is 5.54. The maximum absolute atomic E-state index is 2.31. The van der Waals surface area contributed by atoms with Gasteiger partial charge in [0.1, 0.15) is 0 Å². The molecule has 0 unspecified atom stereocenters. The lowest BCUT2D eigenvalue weighted by Gasteiger charge is -2.14. The van der Waals surface area contributed by atoms with Crippen molar-refractivity contribution in [2.75, 3.05) is 0 Å². The number of hydrogen-bond donors (Lipinski definition) is 0. The zero-order chi connectivity index (χ0) is 12.6. The van der Waals surface area contributed by atoms with Crippen molar-refractivity contribution in [2.45, 2.75) is 51.9 Å². The summed E-state index contributed by atoms with van der Waals surface area (Å²) in [5.74, 6) is 0. The molecule has 0 nitrogen and oxygen atoms in total. The van der Waals surface area contributed by atoms with E-state index in [1.54, 1.807) is 0 Å². The second-order valence-corrected chi connectivity index (χ2v) is 5.13. The Kier molecular flexibility index (Phi) is 5.26. The van der Waals surface area contributed by atoms with Gasteiger partial charge in [-0.1, -0.05) is 68.7 Å². The molecule has 96 valence electrons. The molecule has 2 rings (SSSR count). The Morgan fingerprint density at radius 2 is 1.94 bits per heavy atom. The minimum atomic E-state index is 1.19. The molecule has 1 aromatic carbocycles. The summed E-state index contributed by atoms with van der Waals surface area (Å²) in [6.07, 6.45) is 15.7. The van der Waals surface area contributed by atoms with E-state index in [4.69, 9.17) is 0 Å². The molecule has 0 saturated carbocycles. The van der Waals surface area contributed by atoms with Gasteiger partial charge in [0, 0.05) is 0 Å². The van der Waals surface area contributed by atoms with E-state index in [9.17, 15) is 0 Å². The van der Waals surface area contributed by atoms with Crippen LogP contribution in [0.25, 0.3) is 5.57 Å². The van der Waals surface area contributed by atoms with Crippen molar-refractivity contribution in [2.24, 2.45) is 0 Å². The fraction of sp³-hybridized carbons (Fsp3) is 0.444. The molecule has 0 aliphatic heterocycles. The van der Waals surface area contributed by atoms with Gasteiger partial charge in [0.2, 0.25) is 0 Å². The molecule has 0 bridgehead atoms. The second kappa shape index (κ2) is 7.20. The minimum Gasteiger partial charge on any atom is -0.0842 e. The number of aryl methyl sites for hydroxylation is 1. The second-order valence-electron chi connectivity index (χ2n) is 5.13. The fourth-order valence-electron chi connectivity index (χ4n) is 2.62. The summed E-state index contributed by atoms with van der Waals surface area (Å²) in [5, 5.41) is 0. The molecule has 1 aliphatic carbocycles. The van der Waals surface area contributed by atoms with Crippen LogP contribution in [-0.2, 0) is 6.42 Å². The third-order valence-electron chi connectivity index (χ3n) is 3.68. The minimum absolute atomic E-state index is 1.19. The molecule has 0 fully saturated rings. The van der Waals surface area contributed by atoms with Crippen molar-refractivity contribution in [3.05, 3.63) is 53.6 Å². The van der Waals surface area contributed by atoms with E-state index >= 15 is 0 Å². The van der Waals surface area contributed by atoms with Crippen LogP contribution in [0.15, 0.2) is 42.5 Å². The molecule has 0 heteroatoms. The van der Waals surface area contributed by atoms with Gasteiger partial charge in [-0.3, -0.25) is 0 Å². The third kappa shape index (κ3) is 3.60. The first-order chi connectivity index (χ1) is 8.92. The SMILES string of the molecule is CCCCCCc1ccccc1C1=CC=CCC1. The van der Waals surface area contributed by atoms with Crippen LogP contribution in [0.4, 0.5) is 0 Å². The fourth-order valence-corrected chi connectivity index (χ4v) is 2.62. The van der Waals surface area contributed by atoms with Crippen LogP contribution in [0, 0.1) is 0 Å². The molecule has 18 heavy (non-hydrogen) atoms. The molecule has 0 N–H and O–H groups in total. The number of unbranched alkanes of at least 4 members (excludes halogenated alkanes) is 3. The highest BCUT2D eigenvalue weighted by atomic mass is 14.1. The van der Waals surface area contributed by atoms with Crippen LogP contribution >= 0.6 is 0 Å². The highest BCUT2D eigenvalue weighted by molar-refractivity contribution is 5.70. The highest BCUT2D eigenvalue weighted by Gasteiger charge is 2.07. The first-order valence-corrected chi connectivity index (χ1v) is 7.36. The molecule has 0 radical (unpaired) electrons. The summed E-state index contributed by atoms with van der Waals surface area (Å²) in [4.78, 5) is 0. The number of allylic oxidation sites excluding steroid dienone is 4. The standard InChI is InChI=1S/C18H24/c1-2-3-4-6-11-17-14-9-10-15-18(17)16-12-7-5-8-13-16/h5,7,9-10,12,14-15H,2-4,6,8,11,13H2,1H3. The van der Waals surface area contributed by atoms with Gasteiger partial charge in [0.05, 0.1) is 0 Å². The zero-order valence-corrected chi connectivity index (χ0v) is 11.5. The molecule has 0 amide bonds. The van der Waals surface area contributed by atoms with Crippen molar-refractivity contribution >= 4 is 5.57 Å². The Hall–Kier alpha value is -1.30. The average Bonchev–Trinajstić information content (AvgIpc) is 2.45. The molecule has 0 spiro atoms. The van der Waals surface area contributed by atoms with Crippen molar-refractivity contribution in [1.82, 2.24) is 0 Å². The molecule has 0 atom stereocenters. The van der Waals surface area contributed by atoms with Gasteiger partial charge in [-0.05, 0) is 42.4 Å². The average molecular weight is 240 g/mol. The molecule has 1 aromatic rings. The lowest BCUT2D eigenvalue weighted by molar-refractivity contribution is 0.666. The summed E-state index contributed by atoms with van der Waals surface area (Å²) in [6, 6.07) is 8.95. The Bertz CT molecular complexity index is 423. The van der Waals surface area contributed by atoms with Crippen LogP contribution in [0.1, 0.15) is 56.6 Å². The van der Waals surface area contributed by atoms with Crippen molar-refractivity contribution in [1.29, 1.82) is 0 Å². The van der Waals surface area contributed by atoms with E-state index < -0.39 is 0 Å². The van der Waals surface area contributed by atoms with E-state index in [2.05, 4.69) is 49.4 Å². The highest BCUT2D eigenvalue weighted by Crippen LogP contribution is 2.27. The molecule has 0 saturated heterocycles. The molecule has 0 aromatic heterocycles. The Labute approximate surface area is 111 Å². The Morgan fingerprint density at radius 1 is 1.06 bits per heavy atom. The molecule has 0 heterocycles. The van der Waals surface area contributed by atoms with Crippen molar-refractivity contribution in [3.63, 3.8) is 0 Å². The maximum Gasteiger partial charge on any atom is -0.0192 e. The zero-order valence-electron chi connectivity index (χ0n) is 11.5. The van der Waals surface area contributed by atoms with E-state index in [1.165, 1.54) is 61.6 Å². The van der Waals surface area contributed by atoms with Gasteiger partial charge in [-0.25, -0.2) is 0 Å². The predicted molar refractivity (Wildman–Crippen MR) is 80.6 cm³/mol. The van der Waals surface area contributed by atoms with Crippen LogP contribution in [0.2, 0.25) is 0 Å². The van der Waals surface area contributed by atoms with E-state index in [0.717, 1.165) is 0 Å². The van der Waals surface area contributed by atoms with Gasteiger partial charge in [0.15, 0.2) is 0 Å². The van der Waals surface area contributed by atoms with Crippen molar-refractivity contribution < 1.29 is 0 Å². The number of benzene rings is 1. The third-order valence-corrected chi connectivity index (χ3v) is 3.68. The number of hydrogen-bond acceptors (Lipinski definition) is 0. The smallest absolute Gasteiger partial charge is 0.0192 e. The lowest BCUT2D eigenvalue weighted by atomic mass is 9.91. The molecule has 1 aliphatic rings. The largest absolute Gasteiger partial charge is 0.0842 e. The quantitative estimate of drug-likeness (QED) is 0.572. The van der Waals surface area contributed by atoms with E-state index in [-0.39, 0.29) is 0 Å². The van der Waals surface area contributed by atoms with Gasteiger partial charge < -0.3 is 0 Å². The van der Waals surface area contributed by atoms with Crippen molar-refractivity contribution in [3.8, 4) is 0 Å². The summed E-state index contributed by atoms with van der Waals surface area (Å²) >= 11 is 0. The lowest BCUT2D eigenvalue weighted by Crippen LogP contribution is -1.96. The van der Waals surface area contributed by atoms with Crippen LogP contribution in [0.5, 0.6) is 0 Å². The Morgan fingerprint density at radius 3 is 2.72 bits per heavy atom. The van der Waals surface area contributed by atoms with Gasteiger partial charge in [0.25, 0.3) is 0 Å². The van der Waals surface area contributed by atoms with Gasteiger partial charge in [-0.2, -0.15) is 0 Å².